The Morgan fingerprint density at radius 1 is 1.39 bits per heavy atom. The maximum atomic E-state index is 9.19. The number of aliphatic hydroxyl groups is 1. The van der Waals surface area contributed by atoms with Gasteiger partial charge in [-0.2, -0.15) is 5.43 Å². The molecule has 0 fully saturated rings. The molecule has 2 rings (SSSR count). The van der Waals surface area contributed by atoms with E-state index in [0.29, 0.717) is 11.0 Å². The Morgan fingerprint density at radius 2 is 2.17 bits per heavy atom. The third-order valence-electron chi connectivity index (χ3n) is 2.60. The third-order valence-corrected chi connectivity index (χ3v) is 3.54. The summed E-state index contributed by atoms with van der Waals surface area (Å²) >= 11 is 1.53. The van der Waals surface area contributed by atoms with Crippen LogP contribution in [0.5, 0.6) is 0 Å². The zero-order valence-corrected chi connectivity index (χ0v) is 11.4. The lowest BCUT2D eigenvalue weighted by Gasteiger charge is -2.09. The smallest absolute Gasteiger partial charge is 0.230 e. The van der Waals surface area contributed by atoms with Crippen molar-refractivity contribution in [1.82, 2.24) is 10.4 Å². The van der Waals surface area contributed by atoms with E-state index in [1.807, 2.05) is 6.07 Å². The molecule has 0 bridgehead atoms. The average Bonchev–Trinajstić information content (AvgIpc) is 2.77. The zero-order valence-electron chi connectivity index (χ0n) is 10.6. The lowest BCUT2D eigenvalue weighted by atomic mass is 10.0. The van der Waals surface area contributed by atoms with Crippen LogP contribution >= 0.6 is 11.3 Å². The minimum Gasteiger partial charge on any atom is -0.355 e. The van der Waals surface area contributed by atoms with E-state index in [4.69, 9.17) is 0 Å². The molecule has 18 heavy (non-hydrogen) atoms. The summed E-state index contributed by atoms with van der Waals surface area (Å²) in [7, 11) is 1.41. The number of hydrogen-bond donors (Lipinski definition) is 3. The van der Waals surface area contributed by atoms with Crippen LogP contribution in [0.2, 0.25) is 0 Å². The molecule has 1 unspecified atom stereocenters. The van der Waals surface area contributed by atoms with Gasteiger partial charge in [0.25, 0.3) is 0 Å². The molecule has 0 amide bonds. The second-order valence-corrected chi connectivity index (χ2v) is 5.29. The minimum atomic E-state index is -1.05. The summed E-state index contributed by atoms with van der Waals surface area (Å²) in [5, 5.41) is 9.89. The van der Waals surface area contributed by atoms with Gasteiger partial charge in [0.1, 0.15) is 0 Å². The Kier molecular flexibility index (Phi) is 4.13. The number of ether oxygens (including phenoxy) is 1. The van der Waals surface area contributed by atoms with Crippen LogP contribution in [0.25, 0.3) is 10.2 Å². The van der Waals surface area contributed by atoms with Gasteiger partial charge in [0.05, 0.1) is 10.2 Å². The van der Waals surface area contributed by atoms with Crippen LogP contribution in [-0.4, -0.2) is 23.6 Å². The molecule has 0 saturated carbocycles. The van der Waals surface area contributed by atoms with Gasteiger partial charge in [0.15, 0.2) is 5.13 Å². The molecule has 0 aliphatic heterocycles. The van der Waals surface area contributed by atoms with E-state index in [1.165, 1.54) is 24.0 Å². The predicted octanol–water partition coefficient (Wildman–Crippen LogP) is 2.26. The second-order valence-electron chi connectivity index (χ2n) is 4.26. The van der Waals surface area contributed by atoms with Gasteiger partial charge in [-0.15, -0.1) is 0 Å². The lowest BCUT2D eigenvalue weighted by molar-refractivity contribution is -0.0918. The summed E-state index contributed by atoms with van der Waals surface area (Å²) in [6.07, 6.45) is -1.05. The molecule has 1 atom stereocenters. The zero-order chi connectivity index (χ0) is 13.1. The molecule has 2 aromatic rings. The van der Waals surface area contributed by atoms with Crippen LogP contribution in [0.1, 0.15) is 25.3 Å². The van der Waals surface area contributed by atoms with Crippen molar-refractivity contribution in [3.63, 3.8) is 0 Å². The highest BCUT2D eigenvalue weighted by Gasteiger charge is 2.07. The normalized spacial score (nSPS) is 13.2. The van der Waals surface area contributed by atoms with Crippen molar-refractivity contribution in [1.29, 1.82) is 0 Å². The summed E-state index contributed by atoms with van der Waals surface area (Å²) in [6.45, 7) is 4.33. The Labute approximate surface area is 110 Å². The molecule has 0 spiro atoms. The topological polar surface area (TPSA) is 66.4 Å². The first-order valence-electron chi connectivity index (χ1n) is 5.73. The Bertz CT molecular complexity index is 527. The highest BCUT2D eigenvalue weighted by atomic mass is 32.1. The number of fused-ring (bicyclic) bond motifs is 1. The van der Waals surface area contributed by atoms with E-state index in [1.54, 1.807) is 0 Å². The van der Waals surface area contributed by atoms with Crippen molar-refractivity contribution < 1.29 is 9.84 Å². The molecule has 0 saturated heterocycles. The predicted molar refractivity (Wildman–Crippen MR) is 73.5 cm³/mol. The van der Waals surface area contributed by atoms with Crippen LogP contribution in [0.3, 0.4) is 0 Å². The van der Waals surface area contributed by atoms with Gasteiger partial charge in [0.2, 0.25) is 6.41 Å². The number of nitrogens with zero attached hydrogens (tertiary/aromatic N) is 1. The summed E-state index contributed by atoms with van der Waals surface area (Å²) < 4.78 is 5.78. The largest absolute Gasteiger partial charge is 0.355 e. The number of hydrazine groups is 1. The molecule has 98 valence electrons. The van der Waals surface area contributed by atoms with E-state index in [0.717, 1.165) is 10.2 Å². The standard InChI is InChI=1S/C12H17N3O2S/c1-7(2)8-4-5-9-10(6-8)18-11(13-9)14-15-12(16)17-3/h4-7,12,15-16H,1-3H3,(H,13,14). The summed E-state index contributed by atoms with van der Waals surface area (Å²) in [5.41, 5.74) is 7.63. The molecule has 1 heterocycles. The molecule has 6 heteroatoms. The first-order chi connectivity index (χ1) is 8.60. The lowest BCUT2D eigenvalue weighted by Crippen LogP contribution is -2.34. The number of aliphatic hydroxyl groups excluding tert-OH is 1. The van der Waals surface area contributed by atoms with E-state index < -0.39 is 6.41 Å². The van der Waals surface area contributed by atoms with E-state index in [9.17, 15) is 5.11 Å². The number of anilines is 1. The fraction of sp³-hybridized carbons (Fsp3) is 0.417. The number of nitrogens with one attached hydrogen (secondary N) is 2. The highest BCUT2D eigenvalue weighted by Crippen LogP contribution is 2.28. The molecule has 0 radical (unpaired) electrons. The number of aromatic nitrogens is 1. The first-order valence-corrected chi connectivity index (χ1v) is 6.54. The average molecular weight is 267 g/mol. The maximum absolute atomic E-state index is 9.19. The van der Waals surface area contributed by atoms with Gasteiger partial charge in [-0.25, -0.2) is 4.98 Å². The summed E-state index contributed by atoms with van der Waals surface area (Å²) in [4.78, 5) is 4.40. The van der Waals surface area contributed by atoms with E-state index in [-0.39, 0.29) is 0 Å². The SMILES string of the molecule is COC(O)NNc1nc2ccc(C(C)C)cc2s1. The first kappa shape index (κ1) is 13.2. The van der Waals surface area contributed by atoms with Crippen LogP contribution < -0.4 is 10.9 Å². The van der Waals surface area contributed by atoms with Gasteiger partial charge < -0.3 is 9.84 Å². The van der Waals surface area contributed by atoms with Crippen molar-refractivity contribution in [2.24, 2.45) is 0 Å². The second kappa shape index (κ2) is 5.62. The summed E-state index contributed by atoms with van der Waals surface area (Å²) in [6, 6.07) is 6.25. The number of thiazole rings is 1. The minimum absolute atomic E-state index is 0.501. The quantitative estimate of drug-likeness (QED) is 0.573. The Balaban J connectivity index is 2.17. The molecular weight excluding hydrogens is 250 g/mol. The molecule has 1 aromatic heterocycles. The fourth-order valence-electron chi connectivity index (χ4n) is 1.54. The van der Waals surface area contributed by atoms with E-state index >= 15 is 0 Å². The van der Waals surface area contributed by atoms with Crippen LogP contribution in [-0.2, 0) is 4.74 Å². The molecule has 1 aromatic carbocycles. The van der Waals surface area contributed by atoms with Crippen molar-refractivity contribution in [3.8, 4) is 0 Å². The van der Waals surface area contributed by atoms with Crippen molar-refractivity contribution in [3.05, 3.63) is 23.8 Å². The Hall–Kier alpha value is -1.21. The fourth-order valence-corrected chi connectivity index (χ4v) is 2.41. The number of hydrogen-bond acceptors (Lipinski definition) is 6. The van der Waals surface area contributed by atoms with Crippen LogP contribution in [0, 0.1) is 0 Å². The van der Waals surface area contributed by atoms with Crippen molar-refractivity contribution >= 4 is 26.7 Å². The maximum Gasteiger partial charge on any atom is 0.230 e. The van der Waals surface area contributed by atoms with Crippen molar-refractivity contribution in [2.75, 3.05) is 12.5 Å². The molecule has 0 aliphatic carbocycles. The van der Waals surface area contributed by atoms with E-state index in [2.05, 4.69) is 46.6 Å². The highest BCUT2D eigenvalue weighted by molar-refractivity contribution is 7.22. The van der Waals surface area contributed by atoms with Gasteiger partial charge in [0, 0.05) is 7.11 Å². The van der Waals surface area contributed by atoms with Crippen LogP contribution in [0.15, 0.2) is 18.2 Å². The van der Waals surface area contributed by atoms with Crippen LogP contribution in [0.4, 0.5) is 5.13 Å². The third kappa shape index (κ3) is 2.97. The number of methoxy groups -OCH3 is 1. The molecular formula is C12H17N3O2S. The van der Waals surface area contributed by atoms with Gasteiger partial charge in [-0.05, 0) is 23.6 Å². The molecule has 3 N–H and O–H groups in total. The number of rotatable bonds is 5. The molecule has 5 nitrogen and oxygen atoms in total. The Morgan fingerprint density at radius 3 is 2.83 bits per heavy atom. The van der Waals surface area contributed by atoms with Gasteiger partial charge in [-0.1, -0.05) is 31.3 Å². The number of benzene rings is 1. The van der Waals surface area contributed by atoms with Crippen molar-refractivity contribution in [2.45, 2.75) is 26.2 Å². The van der Waals surface area contributed by atoms with Gasteiger partial charge in [-0.3, -0.25) is 5.43 Å². The summed E-state index contributed by atoms with van der Waals surface area (Å²) in [5.74, 6) is 0.501. The monoisotopic (exact) mass is 267 g/mol. The van der Waals surface area contributed by atoms with Gasteiger partial charge >= 0.3 is 0 Å². The molecule has 0 aliphatic rings.